The second-order valence-electron chi connectivity index (χ2n) is 3.47. The first-order chi connectivity index (χ1) is 6.47. The highest BCUT2D eigenvalue weighted by molar-refractivity contribution is 5.27. The Morgan fingerprint density at radius 3 is 2.14 bits per heavy atom. The van der Waals surface area contributed by atoms with Crippen molar-refractivity contribution >= 4 is 0 Å². The topological polar surface area (TPSA) is 26.0 Å². The molecule has 0 amide bonds. The van der Waals surface area contributed by atoms with Crippen LogP contribution in [0.3, 0.4) is 0 Å². The summed E-state index contributed by atoms with van der Waals surface area (Å²) >= 11 is 0. The quantitative estimate of drug-likeness (QED) is 0.794. The van der Waals surface area contributed by atoms with Gasteiger partial charge in [-0.3, -0.25) is 0 Å². The van der Waals surface area contributed by atoms with E-state index in [4.69, 9.17) is 5.73 Å². The van der Waals surface area contributed by atoms with Gasteiger partial charge in [-0.05, 0) is 12.5 Å². The van der Waals surface area contributed by atoms with Gasteiger partial charge in [-0.15, -0.1) is 0 Å². The highest BCUT2D eigenvalue weighted by Gasteiger charge is 2.28. The maximum Gasteiger partial charge on any atom is 0.273 e. The maximum atomic E-state index is 13.2. The Morgan fingerprint density at radius 1 is 1.29 bits per heavy atom. The molecule has 0 bridgehead atoms. The van der Waals surface area contributed by atoms with Gasteiger partial charge in [0.2, 0.25) is 0 Å². The van der Waals surface area contributed by atoms with Crippen molar-refractivity contribution in [2.45, 2.75) is 32.2 Å². The summed E-state index contributed by atoms with van der Waals surface area (Å²) in [6.07, 6.45) is -0.176. The lowest BCUT2D eigenvalue weighted by Gasteiger charge is -2.15. The zero-order chi connectivity index (χ0) is 10.8. The number of nitrogens with two attached hydrogens (primary N) is 1. The molecule has 78 valence electrons. The number of benzene rings is 1. The van der Waals surface area contributed by atoms with Gasteiger partial charge in [0.15, 0.2) is 0 Å². The first-order valence-electron chi connectivity index (χ1n) is 4.71. The second-order valence-corrected chi connectivity index (χ2v) is 3.47. The van der Waals surface area contributed by atoms with Gasteiger partial charge < -0.3 is 5.73 Å². The van der Waals surface area contributed by atoms with E-state index in [1.165, 1.54) is 19.1 Å². The number of halogens is 2. The molecular formula is C11H15F2N. The van der Waals surface area contributed by atoms with Crippen LogP contribution in [0.1, 0.15) is 37.4 Å². The van der Waals surface area contributed by atoms with Crippen molar-refractivity contribution in [2.24, 2.45) is 5.73 Å². The Hall–Kier alpha value is -0.960. The molecular weight excluding hydrogens is 184 g/mol. The molecule has 1 unspecified atom stereocenters. The van der Waals surface area contributed by atoms with Gasteiger partial charge in [0, 0.05) is 18.0 Å². The molecule has 1 aromatic rings. The van der Waals surface area contributed by atoms with Gasteiger partial charge >= 0.3 is 0 Å². The van der Waals surface area contributed by atoms with Crippen LogP contribution in [0, 0.1) is 0 Å². The monoisotopic (exact) mass is 199 g/mol. The van der Waals surface area contributed by atoms with Crippen LogP contribution in [0.2, 0.25) is 0 Å². The molecule has 0 aromatic heterocycles. The van der Waals surface area contributed by atoms with Crippen LogP contribution in [-0.4, -0.2) is 0 Å². The van der Waals surface area contributed by atoms with Crippen LogP contribution in [0.15, 0.2) is 24.3 Å². The van der Waals surface area contributed by atoms with Crippen molar-refractivity contribution in [1.29, 1.82) is 0 Å². The van der Waals surface area contributed by atoms with Crippen molar-refractivity contribution < 1.29 is 8.78 Å². The standard InChI is InChI=1S/C11H15F2N/c1-3-11(12,13)10-6-4-9(5-7-10)8(2)14/h4-8H,3,14H2,1-2H3. The summed E-state index contributed by atoms with van der Waals surface area (Å²) in [7, 11) is 0. The molecule has 0 heterocycles. The summed E-state index contributed by atoms with van der Waals surface area (Å²) in [5.74, 6) is -2.73. The average molecular weight is 199 g/mol. The van der Waals surface area contributed by atoms with Crippen LogP contribution < -0.4 is 5.73 Å². The van der Waals surface area contributed by atoms with Crippen molar-refractivity contribution in [2.75, 3.05) is 0 Å². The average Bonchev–Trinajstić information content (AvgIpc) is 2.18. The Balaban J connectivity index is 2.94. The predicted molar refractivity (Wildman–Crippen MR) is 53.2 cm³/mol. The molecule has 0 fully saturated rings. The Labute approximate surface area is 82.9 Å². The molecule has 0 aliphatic rings. The zero-order valence-corrected chi connectivity index (χ0v) is 8.43. The van der Waals surface area contributed by atoms with E-state index < -0.39 is 5.92 Å². The van der Waals surface area contributed by atoms with Crippen molar-refractivity contribution in [3.8, 4) is 0 Å². The summed E-state index contributed by atoms with van der Waals surface area (Å²) in [6, 6.07) is 6.09. The molecule has 1 aromatic carbocycles. The normalized spacial score (nSPS) is 14.1. The van der Waals surface area contributed by atoms with Gasteiger partial charge in [-0.1, -0.05) is 31.2 Å². The SMILES string of the molecule is CCC(F)(F)c1ccc(C(C)N)cc1. The van der Waals surface area contributed by atoms with E-state index in [0.29, 0.717) is 0 Å². The fourth-order valence-electron chi connectivity index (χ4n) is 1.23. The Kier molecular flexibility index (Phi) is 3.21. The third-order valence-electron chi connectivity index (χ3n) is 2.30. The summed E-state index contributed by atoms with van der Waals surface area (Å²) in [5, 5.41) is 0. The third-order valence-corrected chi connectivity index (χ3v) is 2.30. The number of hydrogen-bond donors (Lipinski definition) is 1. The largest absolute Gasteiger partial charge is 0.324 e. The smallest absolute Gasteiger partial charge is 0.273 e. The van der Waals surface area contributed by atoms with E-state index in [0.717, 1.165) is 5.56 Å². The minimum Gasteiger partial charge on any atom is -0.324 e. The summed E-state index contributed by atoms with van der Waals surface area (Å²) < 4.78 is 26.4. The molecule has 0 spiro atoms. The summed E-state index contributed by atoms with van der Waals surface area (Å²) in [5.41, 5.74) is 6.55. The lowest BCUT2D eigenvalue weighted by Crippen LogP contribution is -2.12. The molecule has 14 heavy (non-hydrogen) atoms. The van der Waals surface area contributed by atoms with Gasteiger partial charge in [0.25, 0.3) is 5.92 Å². The number of hydrogen-bond acceptors (Lipinski definition) is 1. The van der Waals surface area contributed by atoms with Crippen molar-refractivity contribution in [1.82, 2.24) is 0 Å². The Bertz CT molecular complexity index is 291. The Morgan fingerprint density at radius 2 is 1.79 bits per heavy atom. The molecule has 0 saturated heterocycles. The molecule has 1 nitrogen and oxygen atoms in total. The van der Waals surface area contributed by atoms with Crippen LogP contribution in [0.25, 0.3) is 0 Å². The van der Waals surface area contributed by atoms with Gasteiger partial charge in [0.05, 0.1) is 0 Å². The van der Waals surface area contributed by atoms with E-state index >= 15 is 0 Å². The zero-order valence-electron chi connectivity index (χ0n) is 8.43. The first kappa shape index (κ1) is 11.1. The summed E-state index contributed by atoms with van der Waals surface area (Å²) in [4.78, 5) is 0. The van der Waals surface area contributed by atoms with Gasteiger partial charge in [-0.25, -0.2) is 8.78 Å². The van der Waals surface area contributed by atoms with E-state index in [-0.39, 0.29) is 18.0 Å². The van der Waals surface area contributed by atoms with E-state index in [2.05, 4.69) is 0 Å². The molecule has 0 saturated carbocycles. The lowest BCUT2D eigenvalue weighted by molar-refractivity contribution is -0.00830. The maximum absolute atomic E-state index is 13.2. The van der Waals surface area contributed by atoms with Crippen LogP contribution >= 0.6 is 0 Å². The molecule has 2 N–H and O–H groups in total. The molecule has 0 aliphatic carbocycles. The lowest BCUT2D eigenvalue weighted by atomic mass is 10.0. The van der Waals surface area contributed by atoms with Crippen LogP contribution in [0.5, 0.6) is 0 Å². The highest BCUT2D eigenvalue weighted by atomic mass is 19.3. The predicted octanol–water partition coefficient (Wildman–Crippen LogP) is 3.21. The first-order valence-corrected chi connectivity index (χ1v) is 4.71. The van der Waals surface area contributed by atoms with Crippen molar-refractivity contribution in [3.05, 3.63) is 35.4 Å². The second kappa shape index (κ2) is 4.05. The van der Waals surface area contributed by atoms with E-state index in [1.807, 2.05) is 6.92 Å². The third kappa shape index (κ3) is 2.29. The highest BCUT2D eigenvalue weighted by Crippen LogP contribution is 2.31. The minimum atomic E-state index is -2.73. The molecule has 3 heteroatoms. The van der Waals surface area contributed by atoms with Gasteiger partial charge in [0.1, 0.15) is 0 Å². The minimum absolute atomic E-state index is 0.0596. The van der Waals surface area contributed by atoms with Gasteiger partial charge in [-0.2, -0.15) is 0 Å². The van der Waals surface area contributed by atoms with E-state index in [1.54, 1.807) is 12.1 Å². The van der Waals surface area contributed by atoms with Crippen LogP contribution in [-0.2, 0) is 5.92 Å². The molecule has 1 atom stereocenters. The molecule has 0 radical (unpaired) electrons. The molecule has 0 aliphatic heterocycles. The van der Waals surface area contributed by atoms with E-state index in [9.17, 15) is 8.78 Å². The van der Waals surface area contributed by atoms with Crippen molar-refractivity contribution in [3.63, 3.8) is 0 Å². The fourth-order valence-corrected chi connectivity index (χ4v) is 1.23. The summed E-state index contributed by atoms with van der Waals surface area (Å²) in [6.45, 7) is 3.30. The molecule has 1 rings (SSSR count). The number of rotatable bonds is 3. The van der Waals surface area contributed by atoms with Crippen LogP contribution in [0.4, 0.5) is 8.78 Å². The number of alkyl halides is 2. The fraction of sp³-hybridized carbons (Fsp3) is 0.455.